The first-order valence-corrected chi connectivity index (χ1v) is 5.58. The van der Waals surface area contributed by atoms with Crippen molar-refractivity contribution in [3.8, 4) is 0 Å². The number of carboxylic acids is 1. The summed E-state index contributed by atoms with van der Waals surface area (Å²) < 4.78 is 0. The standard InChI is InChI=1S/C13H12N2O4/c1-15(7-11(16)17)13(19)10-6-14-12(18)9-5-3-2-4-8(9)10/h2-6H,7H2,1H3,(H,14,18)(H,16,17). The highest BCUT2D eigenvalue weighted by Gasteiger charge is 2.17. The molecule has 0 aliphatic rings. The van der Waals surface area contributed by atoms with Crippen LogP contribution in [-0.4, -0.2) is 40.5 Å². The average Bonchev–Trinajstić information content (AvgIpc) is 2.38. The zero-order valence-corrected chi connectivity index (χ0v) is 10.2. The van der Waals surface area contributed by atoms with Gasteiger partial charge in [-0.25, -0.2) is 0 Å². The number of H-pyrrole nitrogens is 1. The van der Waals surface area contributed by atoms with Gasteiger partial charge in [0.25, 0.3) is 11.5 Å². The fraction of sp³-hybridized carbons (Fsp3) is 0.154. The Labute approximate surface area is 108 Å². The van der Waals surface area contributed by atoms with Crippen LogP contribution in [0.15, 0.2) is 35.3 Å². The van der Waals surface area contributed by atoms with Crippen LogP contribution in [-0.2, 0) is 4.79 Å². The van der Waals surface area contributed by atoms with Crippen molar-refractivity contribution in [3.05, 3.63) is 46.4 Å². The van der Waals surface area contributed by atoms with Crippen molar-refractivity contribution < 1.29 is 14.7 Å². The maximum atomic E-state index is 12.1. The van der Waals surface area contributed by atoms with Gasteiger partial charge < -0.3 is 15.0 Å². The summed E-state index contributed by atoms with van der Waals surface area (Å²) in [5, 5.41) is 9.59. The molecule has 0 bridgehead atoms. The van der Waals surface area contributed by atoms with E-state index in [0.29, 0.717) is 10.8 Å². The van der Waals surface area contributed by atoms with Gasteiger partial charge in [-0.2, -0.15) is 0 Å². The van der Waals surface area contributed by atoms with Crippen molar-refractivity contribution in [2.75, 3.05) is 13.6 Å². The summed E-state index contributed by atoms with van der Waals surface area (Å²) >= 11 is 0. The normalized spacial score (nSPS) is 10.4. The smallest absolute Gasteiger partial charge is 0.323 e. The first kappa shape index (κ1) is 12.8. The number of nitrogens with one attached hydrogen (secondary N) is 1. The van der Waals surface area contributed by atoms with Crippen LogP contribution >= 0.6 is 0 Å². The lowest BCUT2D eigenvalue weighted by Gasteiger charge is -2.15. The minimum Gasteiger partial charge on any atom is -0.480 e. The first-order valence-electron chi connectivity index (χ1n) is 5.58. The number of aromatic amines is 1. The van der Waals surface area contributed by atoms with E-state index in [2.05, 4.69) is 4.98 Å². The van der Waals surface area contributed by atoms with Gasteiger partial charge in [-0.1, -0.05) is 18.2 Å². The van der Waals surface area contributed by atoms with Crippen molar-refractivity contribution in [1.82, 2.24) is 9.88 Å². The Kier molecular flexibility index (Phi) is 3.33. The van der Waals surface area contributed by atoms with Gasteiger partial charge in [0, 0.05) is 24.0 Å². The summed E-state index contributed by atoms with van der Waals surface area (Å²) in [6, 6.07) is 6.69. The van der Waals surface area contributed by atoms with Crippen molar-refractivity contribution in [2.24, 2.45) is 0 Å². The highest BCUT2D eigenvalue weighted by Crippen LogP contribution is 2.15. The Bertz CT molecular complexity index is 705. The second kappa shape index (κ2) is 4.93. The van der Waals surface area contributed by atoms with E-state index in [1.807, 2.05) is 0 Å². The van der Waals surface area contributed by atoms with Crippen LogP contribution in [0.25, 0.3) is 10.8 Å². The van der Waals surface area contributed by atoms with E-state index in [0.717, 1.165) is 4.90 Å². The molecule has 1 heterocycles. The molecule has 1 aromatic heterocycles. The number of aliphatic carboxylic acids is 1. The number of hydrogen-bond donors (Lipinski definition) is 2. The van der Waals surface area contributed by atoms with E-state index in [1.165, 1.54) is 13.2 Å². The molecular formula is C13H12N2O4. The summed E-state index contributed by atoms with van der Waals surface area (Å²) in [4.78, 5) is 38.0. The zero-order chi connectivity index (χ0) is 14.0. The zero-order valence-electron chi connectivity index (χ0n) is 10.2. The number of rotatable bonds is 3. The molecule has 0 radical (unpaired) electrons. The van der Waals surface area contributed by atoms with Gasteiger partial charge in [0.15, 0.2) is 0 Å². The lowest BCUT2D eigenvalue weighted by molar-refractivity contribution is -0.137. The van der Waals surface area contributed by atoms with Crippen LogP contribution in [0.5, 0.6) is 0 Å². The van der Waals surface area contributed by atoms with E-state index in [4.69, 9.17) is 5.11 Å². The number of pyridine rings is 1. The van der Waals surface area contributed by atoms with E-state index in [-0.39, 0.29) is 11.1 Å². The lowest BCUT2D eigenvalue weighted by atomic mass is 10.1. The fourth-order valence-electron chi connectivity index (χ4n) is 1.87. The topological polar surface area (TPSA) is 90.5 Å². The fourth-order valence-corrected chi connectivity index (χ4v) is 1.87. The van der Waals surface area contributed by atoms with Crippen molar-refractivity contribution in [3.63, 3.8) is 0 Å². The number of hydrogen-bond acceptors (Lipinski definition) is 3. The molecule has 1 amide bonds. The average molecular weight is 260 g/mol. The van der Waals surface area contributed by atoms with Crippen LogP contribution in [0.4, 0.5) is 0 Å². The minimum absolute atomic E-state index is 0.277. The molecule has 0 fully saturated rings. The van der Waals surface area contributed by atoms with Gasteiger partial charge in [-0.05, 0) is 6.07 Å². The summed E-state index contributed by atoms with van der Waals surface area (Å²) in [5.41, 5.74) is -0.00742. The van der Waals surface area contributed by atoms with Crippen LogP contribution in [0.1, 0.15) is 10.4 Å². The third-order valence-corrected chi connectivity index (χ3v) is 2.76. The largest absolute Gasteiger partial charge is 0.480 e. The molecule has 0 spiro atoms. The number of aromatic nitrogens is 1. The highest BCUT2D eigenvalue weighted by atomic mass is 16.4. The highest BCUT2D eigenvalue weighted by molar-refractivity contribution is 6.06. The van der Waals surface area contributed by atoms with Crippen molar-refractivity contribution in [1.29, 1.82) is 0 Å². The third kappa shape index (κ3) is 2.47. The number of amides is 1. The van der Waals surface area contributed by atoms with E-state index in [1.54, 1.807) is 24.3 Å². The van der Waals surface area contributed by atoms with E-state index in [9.17, 15) is 14.4 Å². The number of carbonyl (C=O) groups excluding carboxylic acids is 1. The number of fused-ring (bicyclic) bond motifs is 1. The Morgan fingerprint density at radius 1 is 1.26 bits per heavy atom. The monoisotopic (exact) mass is 260 g/mol. The summed E-state index contributed by atoms with van der Waals surface area (Å²) in [6.07, 6.45) is 1.31. The Hall–Kier alpha value is -2.63. The number of benzene rings is 1. The van der Waals surface area contributed by atoms with Crippen LogP contribution in [0.2, 0.25) is 0 Å². The summed E-state index contributed by atoms with van der Waals surface area (Å²) in [5.74, 6) is -1.54. The SMILES string of the molecule is CN(CC(=O)O)C(=O)c1c[nH]c(=O)c2ccccc12. The molecule has 0 saturated carbocycles. The Balaban J connectivity index is 2.51. The number of carbonyl (C=O) groups is 2. The van der Waals surface area contributed by atoms with Crippen molar-refractivity contribution in [2.45, 2.75) is 0 Å². The van der Waals surface area contributed by atoms with E-state index < -0.39 is 18.4 Å². The molecule has 0 atom stereocenters. The van der Waals surface area contributed by atoms with Gasteiger partial charge in [-0.15, -0.1) is 0 Å². The van der Waals surface area contributed by atoms with Crippen LogP contribution in [0.3, 0.4) is 0 Å². The van der Waals surface area contributed by atoms with Crippen LogP contribution in [0, 0.1) is 0 Å². The van der Waals surface area contributed by atoms with Gasteiger partial charge >= 0.3 is 5.97 Å². The Morgan fingerprint density at radius 3 is 2.53 bits per heavy atom. The summed E-state index contributed by atoms with van der Waals surface area (Å²) in [7, 11) is 1.40. The lowest BCUT2D eigenvalue weighted by Crippen LogP contribution is -2.32. The maximum Gasteiger partial charge on any atom is 0.323 e. The molecule has 6 heteroatoms. The molecule has 2 rings (SSSR count). The predicted octanol–water partition coefficient (Wildman–Crippen LogP) is 0.685. The van der Waals surface area contributed by atoms with Gasteiger partial charge in [0.2, 0.25) is 0 Å². The maximum absolute atomic E-state index is 12.1. The number of nitrogens with zero attached hydrogens (tertiary/aromatic N) is 1. The summed E-state index contributed by atoms with van der Waals surface area (Å²) in [6.45, 7) is -0.397. The molecule has 19 heavy (non-hydrogen) atoms. The minimum atomic E-state index is -1.09. The molecule has 2 aromatic rings. The molecule has 0 aliphatic carbocycles. The predicted molar refractivity (Wildman–Crippen MR) is 69.2 cm³/mol. The molecule has 98 valence electrons. The van der Waals surface area contributed by atoms with Crippen molar-refractivity contribution >= 4 is 22.6 Å². The quantitative estimate of drug-likeness (QED) is 0.849. The molecular weight excluding hydrogens is 248 g/mol. The van der Waals surface area contributed by atoms with Gasteiger partial charge in [0.05, 0.1) is 5.56 Å². The first-order chi connectivity index (χ1) is 9.00. The van der Waals surface area contributed by atoms with Gasteiger partial charge in [0.1, 0.15) is 6.54 Å². The Morgan fingerprint density at radius 2 is 1.89 bits per heavy atom. The second-order valence-electron chi connectivity index (χ2n) is 4.13. The molecule has 6 nitrogen and oxygen atoms in total. The second-order valence-corrected chi connectivity index (χ2v) is 4.13. The molecule has 0 unspecified atom stereocenters. The molecule has 2 N–H and O–H groups in total. The molecule has 0 aliphatic heterocycles. The number of likely N-dealkylation sites (N-methyl/N-ethyl adjacent to an activating group) is 1. The van der Waals surface area contributed by atoms with Crippen LogP contribution < -0.4 is 5.56 Å². The number of carboxylic acid groups (broad SMARTS) is 1. The van der Waals surface area contributed by atoms with Gasteiger partial charge in [-0.3, -0.25) is 14.4 Å². The molecule has 0 saturated heterocycles. The third-order valence-electron chi connectivity index (χ3n) is 2.76. The van der Waals surface area contributed by atoms with E-state index >= 15 is 0 Å². The molecule has 1 aromatic carbocycles.